The largest absolute Gasteiger partial charge is 0.504 e. The van der Waals surface area contributed by atoms with E-state index in [1.165, 1.54) is 17.4 Å². The second-order valence-corrected chi connectivity index (χ2v) is 5.10. The van der Waals surface area contributed by atoms with E-state index in [4.69, 9.17) is 4.74 Å². The number of aromatic hydroxyl groups is 1. The van der Waals surface area contributed by atoms with Crippen LogP contribution in [0, 0.1) is 0 Å². The number of nitrogens with one attached hydrogen (secondary N) is 1. The van der Waals surface area contributed by atoms with Crippen LogP contribution in [0.2, 0.25) is 0 Å². The van der Waals surface area contributed by atoms with Gasteiger partial charge in [0.25, 0.3) is 16.8 Å². The number of carbonyl (C=O) groups is 1. The van der Waals surface area contributed by atoms with E-state index in [0.29, 0.717) is 0 Å². The molecule has 8 heteroatoms. The summed E-state index contributed by atoms with van der Waals surface area (Å²) in [6, 6.07) is 0. The minimum absolute atomic E-state index is 0.0190. The van der Waals surface area contributed by atoms with Gasteiger partial charge in [-0.1, -0.05) is 0 Å². The molecule has 106 valence electrons. The van der Waals surface area contributed by atoms with Crippen LogP contribution < -0.4 is 20.9 Å². The Balaban J connectivity index is 2.32. The van der Waals surface area contributed by atoms with Crippen LogP contribution in [0.15, 0.2) is 15.0 Å². The van der Waals surface area contributed by atoms with Gasteiger partial charge in [0.15, 0.2) is 11.5 Å². The first-order valence-electron chi connectivity index (χ1n) is 5.54. The number of rotatable bonds is 4. The lowest BCUT2D eigenvalue weighted by molar-refractivity contribution is 0.0829. The van der Waals surface area contributed by atoms with E-state index < -0.39 is 10.9 Å². The molecular formula is C12H12N2O5S. The summed E-state index contributed by atoms with van der Waals surface area (Å²) in [6.45, 7) is 0. The summed E-state index contributed by atoms with van der Waals surface area (Å²) in [5.74, 6) is -0.692. The lowest BCUT2D eigenvalue weighted by atomic mass is 10.2. The molecule has 0 fully saturated rings. The maximum Gasteiger partial charge on any atom is 0.272 e. The van der Waals surface area contributed by atoms with Crippen molar-refractivity contribution in [1.82, 2.24) is 4.90 Å². The van der Waals surface area contributed by atoms with Gasteiger partial charge in [0.2, 0.25) is 0 Å². The third-order valence-electron chi connectivity index (χ3n) is 2.70. The Morgan fingerprint density at radius 1 is 1.35 bits per heavy atom. The van der Waals surface area contributed by atoms with E-state index in [1.807, 2.05) is 0 Å². The summed E-state index contributed by atoms with van der Waals surface area (Å²) in [5.41, 5.74) is -1.26. The third-order valence-corrected chi connectivity index (χ3v) is 3.65. The molecular weight excluding hydrogens is 284 g/mol. The van der Waals surface area contributed by atoms with Crippen LogP contribution in [0.5, 0.6) is 11.5 Å². The standard InChI is InChI=1S/C12H12N2O5S/c1-14(2)12(18)11-7(15)5(4-20-11)13-6-8(16)9(17)10(6)19-3/h4,13,15H,1-3H3. The van der Waals surface area contributed by atoms with Crippen molar-refractivity contribution in [3.8, 4) is 11.5 Å². The summed E-state index contributed by atoms with van der Waals surface area (Å²) in [7, 11) is 4.40. The number of amides is 1. The molecule has 1 heterocycles. The molecule has 20 heavy (non-hydrogen) atoms. The first kappa shape index (κ1) is 14.1. The molecule has 1 amide bonds. The van der Waals surface area contributed by atoms with Crippen molar-refractivity contribution in [2.75, 3.05) is 26.5 Å². The molecule has 2 rings (SSSR count). The van der Waals surface area contributed by atoms with Gasteiger partial charge < -0.3 is 20.1 Å². The molecule has 0 bridgehead atoms. The molecule has 1 aromatic carbocycles. The van der Waals surface area contributed by atoms with Crippen LogP contribution >= 0.6 is 11.3 Å². The van der Waals surface area contributed by atoms with E-state index >= 15 is 0 Å². The van der Waals surface area contributed by atoms with Gasteiger partial charge in [0.1, 0.15) is 10.6 Å². The Morgan fingerprint density at radius 3 is 2.55 bits per heavy atom. The van der Waals surface area contributed by atoms with Crippen LogP contribution in [0.25, 0.3) is 0 Å². The highest BCUT2D eigenvalue weighted by atomic mass is 32.1. The Bertz CT molecular complexity index is 740. The van der Waals surface area contributed by atoms with E-state index in [9.17, 15) is 19.5 Å². The first-order valence-corrected chi connectivity index (χ1v) is 6.42. The van der Waals surface area contributed by atoms with Crippen LogP contribution in [0.3, 0.4) is 0 Å². The van der Waals surface area contributed by atoms with E-state index in [1.54, 1.807) is 14.1 Å². The van der Waals surface area contributed by atoms with Gasteiger partial charge in [-0.3, -0.25) is 14.4 Å². The second kappa shape index (κ2) is 4.97. The molecule has 0 radical (unpaired) electrons. The molecule has 0 aliphatic rings. The number of anilines is 2. The van der Waals surface area contributed by atoms with Gasteiger partial charge in [0, 0.05) is 19.5 Å². The highest BCUT2D eigenvalue weighted by molar-refractivity contribution is 7.13. The van der Waals surface area contributed by atoms with Crippen LogP contribution in [-0.4, -0.2) is 37.1 Å². The van der Waals surface area contributed by atoms with Crippen LogP contribution in [0.4, 0.5) is 11.4 Å². The summed E-state index contributed by atoms with van der Waals surface area (Å²) >= 11 is 1.04. The molecule has 1 aromatic heterocycles. The Morgan fingerprint density at radius 2 is 2.00 bits per heavy atom. The van der Waals surface area contributed by atoms with Crippen molar-refractivity contribution in [2.24, 2.45) is 0 Å². The maximum atomic E-state index is 11.8. The summed E-state index contributed by atoms with van der Waals surface area (Å²) < 4.78 is 4.78. The van der Waals surface area contributed by atoms with Crippen molar-refractivity contribution in [3.05, 3.63) is 30.7 Å². The number of hydrogen-bond acceptors (Lipinski definition) is 7. The molecule has 0 atom stereocenters. The monoisotopic (exact) mass is 296 g/mol. The summed E-state index contributed by atoms with van der Waals surface area (Å²) in [5, 5.41) is 14.1. The van der Waals surface area contributed by atoms with E-state index in [0.717, 1.165) is 11.3 Å². The lowest BCUT2D eigenvalue weighted by Crippen LogP contribution is -2.34. The predicted molar refractivity (Wildman–Crippen MR) is 75.2 cm³/mol. The van der Waals surface area contributed by atoms with Gasteiger partial charge in [-0.2, -0.15) is 0 Å². The fourth-order valence-electron chi connectivity index (χ4n) is 1.61. The molecule has 0 saturated carbocycles. The highest BCUT2D eigenvalue weighted by Gasteiger charge is 2.25. The topological polar surface area (TPSA) is 95.9 Å². The molecule has 0 saturated heterocycles. The molecule has 2 N–H and O–H groups in total. The summed E-state index contributed by atoms with van der Waals surface area (Å²) in [6.07, 6.45) is 0. The summed E-state index contributed by atoms with van der Waals surface area (Å²) in [4.78, 5) is 35.8. The third kappa shape index (κ3) is 2.03. The maximum absolute atomic E-state index is 11.8. The molecule has 0 aliphatic heterocycles. The highest BCUT2D eigenvalue weighted by Crippen LogP contribution is 2.37. The molecule has 7 nitrogen and oxygen atoms in total. The van der Waals surface area contributed by atoms with Crippen LogP contribution in [0.1, 0.15) is 9.67 Å². The molecule has 2 aromatic rings. The minimum atomic E-state index is -0.715. The number of ether oxygens (including phenoxy) is 1. The van der Waals surface area contributed by atoms with Crippen LogP contribution in [-0.2, 0) is 0 Å². The van der Waals surface area contributed by atoms with Gasteiger partial charge >= 0.3 is 0 Å². The van der Waals surface area contributed by atoms with E-state index in [2.05, 4.69) is 5.32 Å². The Hall–Kier alpha value is -2.35. The average molecular weight is 296 g/mol. The van der Waals surface area contributed by atoms with Crippen molar-refractivity contribution in [1.29, 1.82) is 0 Å². The Kier molecular flexibility index (Phi) is 3.49. The van der Waals surface area contributed by atoms with Gasteiger partial charge in [0.05, 0.1) is 12.8 Å². The quantitative estimate of drug-likeness (QED) is 0.798. The zero-order valence-electron chi connectivity index (χ0n) is 11.0. The smallest absolute Gasteiger partial charge is 0.272 e. The normalized spacial score (nSPS) is 10.6. The molecule has 0 aliphatic carbocycles. The molecule has 0 spiro atoms. The number of carbonyl (C=O) groups excluding carboxylic acids is 1. The SMILES string of the molecule is COc1c(Nc2csc(C(=O)N(C)C)c2O)c(=O)c1=O. The number of hydrogen-bond donors (Lipinski definition) is 2. The van der Waals surface area contributed by atoms with Crippen molar-refractivity contribution < 1.29 is 14.6 Å². The number of methoxy groups -OCH3 is 1. The van der Waals surface area contributed by atoms with Gasteiger partial charge in [-0.15, -0.1) is 11.3 Å². The van der Waals surface area contributed by atoms with Gasteiger partial charge in [-0.05, 0) is 0 Å². The van der Waals surface area contributed by atoms with Crippen molar-refractivity contribution in [2.45, 2.75) is 0 Å². The predicted octanol–water partition coefficient (Wildman–Crippen LogP) is 0.504. The zero-order valence-corrected chi connectivity index (χ0v) is 11.8. The second-order valence-electron chi connectivity index (χ2n) is 4.22. The molecule has 0 unspecified atom stereocenters. The minimum Gasteiger partial charge on any atom is -0.504 e. The first-order chi connectivity index (χ1) is 9.38. The van der Waals surface area contributed by atoms with Crippen molar-refractivity contribution >= 4 is 28.6 Å². The Labute approximate surface area is 117 Å². The fraction of sp³-hybridized carbons (Fsp3) is 0.250. The van der Waals surface area contributed by atoms with E-state index in [-0.39, 0.29) is 33.7 Å². The van der Waals surface area contributed by atoms with Crippen molar-refractivity contribution in [3.63, 3.8) is 0 Å². The number of thiophene rings is 1. The fourth-order valence-corrected chi connectivity index (χ4v) is 2.52. The average Bonchev–Trinajstić information content (AvgIpc) is 2.78. The lowest BCUT2D eigenvalue weighted by Gasteiger charge is -2.11. The van der Waals surface area contributed by atoms with Gasteiger partial charge in [-0.25, -0.2) is 0 Å². The number of nitrogens with zero attached hydrogens (tertiary/aromatic N) is 1. The zero-order chi connectivity index (χ0) is 15.0.